The number of hydrogen-bond donors (Lipinski definition) is 1. The smallest absolute Gasteiger partial charge is 0.471 e. The molecule has 1 aliphatic heterocycles. The van der Waals surface area contributed by atoms with Gasteiger partial charge in [0, 0.05) is 13.1 Å². The lowest BCUT2D eigenvalue weighted by atomic mass is 9.96. The molecule has 132 valence electrons. The molecule has 0 aromatic heterocycles. The first kappa shape index (κ1) is 18.1. The maximum Gasteiger partial charge on any atom is 0.471 e. The molecule has 2 rings (SSSR count). The van der Waals surface area contributed by atoms with Gasteiger partial charge in [0.25, 0.3) is 0 Å². The third-order valence-corrected chi connectivity index (χ3v) is 3.93. The standard InChI is InChI=1S/C16H19F3N2O3/c1-10-5-6-13(24-2)12(8-10)20-14(22)11-4-3-7-21(9-11)15(23)16(17,18)19/h5-6,8,11H,3-4,7,9H2,1-2H3,(H,20,22). The van der Waals surface area contributed by atoms with E-state index in [1.54, 1.807) is 12.1 Å². The Morgan fingerprint density at radius 3 is 2.67 bits per heavy atom. The molecule has 1 fully saturated rings. The van der Waals surface area contributed by atoms with Gasteiger partial charge in [0.05, 0.1) is 18.7 Å². The average Bonchev–Trinajstić information content (AvgIpc) is 2.53. The number of nitrogens with one attached hydrogen (secondary N) is 1. The number of carbonyl (C=O) groups is 2. The van der Waals surface area contributed by atoms with Crippen LogP contribution in [0.15, 0.2) is 18.2 Å². The Bertz CT molecular complexity index is 631. The van der Waals surface area contributed by atoms with E-state index in [1.807, 2.05) is 13.0 Å². The molecule has 0 aliphatic carbocycles. The fourth-order valence-electron chi connectivity index (χ4n) is 2.71. The van der Waals surface area contributed by atoms with Crippen molar-refractivity contribution in [1.82, 2.24) is 4.90 Å². The molecule has 0 saturated carbocycles. The molecule has 2 amide bonds. The highest BCUT2D eigenvalue weighted by molar-refractivity contribution is 5.94. The van der Waals surface area contributed by atoms with Gasteiger partial charge in [0.2, 0.25) is 5.91 Å². The fraction of sp³-hybridized carbons (Fsp3) is 0.500. The van der Waals surface area contributed by atoms with Crippen LogP contribution in [0.5, 0.6) is 5.75 Å². The number of anilines is 1. The van der Waals surface area contributed by atoms with Crippen molar-refractivity contribution >= 4 is 17.5 Å². The number of likely N-dealkylation sites (tertiary alicyclic amines) is 1. The Hall–Kier alpha value is -2.25. The van der Waals surface area contributed by atoms with Crippen LogP contribution in [0.25, 0.3) is 0 Å². The molecule has 24 heavy (non-hydrogen) atoms. The normalized spacial score (nSPS) is 18.2. The average molecular weight is 344 g/mol. The summed E-state index contributed by atoms with van der Waals surface area (Å²) in [6.45, 7) is 1.62. The highest BCUT2D eigenvalue weighted by Gasteiger charge is 2.44. The van der Waals surface area contributed by atoms with Gasteiger partial charge in [-0.2, -0.15) is 13.2 Å². The predicted molar refractivity (Wildman–Crippen MR) is 81.7 cm³/mol. The zero-order chi connectivity index (χ0) is 17.9. The van der Waals surface area contributed by atoms with Crippen LogP contribution in [0.4, 0.5) is 18.9 Å². The van der Waals surface area contributed by atoms with Gasteiger partial charge < -0.3 is 15.0 Å². The molecule has 1 aromatic rings. The number of nitrogens with zero attached hydrogens (tertiary/aromatic N) is 1. The van der Waals surface area contributed by atoms with Crippen molar-refractivity contribution in [2.45, 2.75) is 25.9 Å². The van der Waals surface area contributed by atoms with Crippen molar-refractivity contribution in [2.75, 3.05) is 25.5 Å². The van der Waals surface area contributed by atoms with Gasteiger partial charge in [0.1, 0.15) is 5.75 Å². The molecule has 5 nitrogen and oxygen atoms in total. The number of ether oxygens (including phenoxy) is 1. The van der Waals surface area contributed by atoms with E-state index in [0.717, 1.165) is 5.56 Å². The van der Waals surface area contributed by atoms with E-state index < -0.39 is 23.9 Å². The second-order valence-electron chi connectivity index (χ2n) is 5.78. The van der Waals surface area contributed by atoms with Crippen molar-refractivity contribution in [3.8, 4) is 5.75 Å². The molecule has 8 heteroatoms. The summed E-state index contributed by atoms with van der Waals surface area (Å²) in [5.74, 6) is -2.53. The lowest BCUT2D eigenvalue weighted by Gasteiger charge is -2.32. The summed E-state index contributed by atoms with van der Waals surface area (Å²) in [6.07, 6.45) is -4.13. The van der Waals surface area contributed by atoms with E-state index in [1.165, 1.54) is 7.11 Å². The van der Waals surface area contributed by atoms with Crippen molar-refractivity contribution in [2.24, 2.45) is 5.92 Å². The molecule has 0 radical (unpaired) electrons. The molecule has 1 unspecified atom stereocenters. The van der Waals surface area contributed by atoms with Crippen molar-refractivity contribution in [3.63, 3.8) is 0 Å². The first-order valence-electron chi connectivity index (χ1n) is 7.54. The molecule has 1 aliphatic rings. The number of alkyl halides is 3. The molecule has 1 N–H and O–H groups in total. The molecule has 1 aromatic carbocycles. The first-order valence-corrected chi connectivity index (χ1v) is 7.54. The van der Waals surface area contributed by atoms with Crippen LogP contribution in [0.2, 0.25) is 0 Å². The van der Waals surface area contributed by atoms with E-state index in [0.29, 0.717) is 29.2 Å². The number of aryl methyl sites for hydroxylation is 1. The van der Waals surface area contributed by atoms with E-state index >= 15 is 0 Å². The zero-order valence-corrected chi connectivity index (χ0v) is 13.4. The van der Waals surface area contributed by atoms with E-state index in [-0.39, 0.29) is 13.1 Å². The molecular weight excluding hydrogens is 325 g/mol. The van der Waals surface area contributed by atoms with Crippen LogP contribution in [-0.2, 0) is 9.59 Å². The number of amides is 2. The molecule has 0 bridgehead atoms. The van der Waals surface area contributed by atoms with Crippen LogP contribution >= 0.6 is 0 Å². The summed E-state index contributed by atoms with van der Waals surface area (Å²) >= 11 is 0. The predicted octanol–water partition coefficient (Wildman–Crippen LogP) is 2.74. The molecule has 1 atom stereocenters. The monoisotopic (exact) mass is 344 g/mol. The molecule has 1 saturated heterocycles. The minimum atomic E-state index is -4.92. The van der Waals surface area contributed by atoms with Gasteiger partial charge in [0.15, 0.2) is 0 Å². The molecule has 1 heterocycles. The third kappa shape index (κ3) is 4.18. The Kier molecular flexibility index (Phi) is 5.36. The van der Waals surface area contributed by atoms with Crippen molar-refractivity contribution < 1.29 is 27.5 Å². The van der Waals surface area contributed by atoms with E-state index in [2.05, 4.69) is 5.32 Å². The summed E-state index contributed by atoms with van der Waals surface area (Å²) in [4.78, 5) is 24.4. The van der Waals surface area contributed by atoms with Crippen LogP contribution in [-0.4, -0.2) is 43.1 Å². The summed E-state index contributed by atoms with van der Waals surface area (Å²) < 4.78 is 42.8. The van der Waals surface area contributed by atoms with Gasteiger partial charge in [-0.3, -0.25) is 9.59 Å². The van der Waals surface area contributed by atoms with Crippen LogP contribution in [0.1, 0.15) is 18.4 Å². The lowest BCUT2D eigenvalue weighted by molar-refractivity contribution is -0.187. The summed E-state index contributed by atoms with van der Waals surface area (Å²) in [7, 11) is 1.46. The number of piperidine rings is 1. The van der Waals surface area contributed by atoms with Crippen LogP contribution in [0, 0.1) is 12.8 Å². The minimum Gasteiger partial charge on any atom is -0.495 e. The fourth-order valence-corrected chi connectivity index (χ4v) is 2.71. The molecular formula is C16H19F3N2O3. The Labute approximate surface area is 137 Å². The zero-order valence-electron chi connectivity index (χ0n) is 13.4. The summed E-state index contributed by atoms with van der Waals surface area (Å²) in [6, 6.07) is 5.24. The quantitative estimate of drug-likeness (QED) is 0.917. The highest BCUT2D eigenvalue weighted by atomic mass is 19.4. The van der Waals surface area contributed by atoms with Crippen LogP contribution < -0.4 is 10.1 Å². The van der Waals surface area contributed by atoms with E-state index in [4.69, 9.17) is 4.74 Å². The highest BCUT2D eigenvalue weighted by Crippen LogP contribution is 2.28. The van der Waals surface area contributed by atoms with E-state index in [9.17, 15) is 22.8 Å². The first-order chi connectivity index (χ1) is 11.2. The van der Waals surface area contributed by atoms with Gasteiger partial charge in [-0.05, 0) is 37.5 Å². The van der Waals surface area contributed by atoms with Crippen molar-refractivity contribution in [3.05, 3.63) is 23.8 Å². The largest absolute Gasteiger partial charge is 0.495 e. The second-order valence-corrected chi connectivity index (χ2v) is 5.78. The van der Waals surface area contributed by atoms with Gasteiger partial charge in [-0.1, -0.05) is 6.07 Å². The third-order valence-electron chi connectivity index (χ3n) is 3.93. The SMILES string of the molecule is COc1ccc(C)cc1NC(=O)C1CCCN(C(=O)C(F)(F)F)C1. The topological polar surface area (TPSA) is 58.6 Å². The minimum absolute atomic E-state index is 0.00981. The molecule has 0 spiro atoms. The van der Waals surface area contributed by atoms with Gasteiger partial charge in [-0.25, -0.2) is 0 Å². The number of hydrogen-bond acceptors (Lipinski definition) is 3. The van der Waals surface area contributed by atoms with Gasteiger partial charge >= 0.3 is 12.1 Å². The Morgan fingerprint density at radius 2 is 2.04 bits per heavy atom. The Balaban J connectivity index is 2.07. The maximum absolute atomic E-state index is 12.5. The second kappa shape index (κ2) is 7.11. The lowest BCUT2D eigenvalue weighted by Crippen LogP contribution is -2.48. The summed E-state index contributed by atoms with van der Waals surface area (Å²) in [5.41, 5.74) is 1.37. The summed E-state index contributed by atoms with van der Waals surface area (Å²) in [5, 5.41) is 2.69. The number of methoxy groups -OCH3 is 1. The van der Waals surface area contributed by atoms with Crippen LogP contribution in [0.3, 0.4) is 0 Å². The number of carbonyl (C=O) groups excluding carboxylic acids is 2. The van der Waals surface area contributed by atoms with Crippen molar-refractivity contribution in [1.29, 1.82) is 0 Å². The maximum atomic E-state index is 12.5. The number of benzene rings is 1. The number of rotatable bonds is 3. The Morgan fingerprint density at radius 1 is 1.33 bits per heavy atom. The van der Waals surface area contributed by atoms with Gasteiger partial charge in [-0.15, -0.1) is 0 Å². The number of halogens is 3.